The van der Waals surface area contributed by atoms with E-state index in [-0.39, 0.29) is 5.91 Å². The number of rotatable bonds is 7. The predicted molar refractivity (Wildman–Crippen MR) is 116 cm³/mol. The molecule has 7 heteroatoms. The highest BCUT2D eigenvalue weighted by Gasteiger charge is 2.18. The Kier molecular flexibility index (Phi) is 6.39. The smallest absolute Gasteiger partial charge is 0.267 e. The van der Waals surface area contributed by atoms with E-state index in [4.69, 9.17) is 14.2 Å². The summed E-state index contributed by atoms with van der Waals surface area (Å²) in [7, 11) is 3.15. The molecule has 6 nitrogen and oxygen atoms in total. The Morgan fingerprint density at radius 2 is 1.72 bits per heavy atom. The van der Waals surface area contributed by atoms with Gasteiger partial charge in [0, 0.05) is 17.3 Å². The Morgan fingerprint density at radius 1 is 1.07 bits per heavy atom. The lowest BCUT2D eigenvalue weighted by Gasteiger charge is -2.13. The molecule has 0 unspecified atom stereocenters. The molecule has 0 bridgehead atoms. The first-order valence-electron chi connectivity index (χ1n) is 9.21. The maximum Gasteiger partial charge on any atom is 0.267 e. The highest BCUT2D eigenvalue weighted by molar-refractivity contribution is 7.17. The van der Waals surface area contributed by atoms with Gasteiger partial charge in [-0.15, -0.1) is 11.3 Å². The van der Waals surface area contributed by atoms with Gasteiger partial charge < -0.3 is 19.5 Å². The molecule has 152 valence electrons. The van der Waals surface area contributed by atoms with Crippen LogP contribution in [0.2, 0.25) is 0 Å². The number of thiazole rings is 1. The largest absolute Gasteiger partial charge is 0.494 e. The average molecular weight is 413 g/mol. The molecule has 29 heavy (non-hydrogen) atoms. The number of ether oxygens (including phenoxy) is 3. The molecule has 0 spiro atoms. The normalized spacial score (nSPS) is 10.5. The third kappa shape index (κ3) is 4.51. The van der Waals surface area contributed by atoms with Crippen LogP contribution >= 0.6 is 11.3 Å². The van der Waals surface area contributed by atoms with Crippen LogP contribution in [0.4, 0.5) is 5.69 Å². The van der Waals surface area contributed by atoms with E-state index in [9.17, 15) is 4.79 Å². The molecule has 3 rings (SSSR count). The van der Waals surface area contributed by atoms with Crippen molar-refractivity contribution >= 4 is 22.9 Å². The summed E-state index contributed by atoms with van der Waals surface area (Å²) in [5.74, 6) is 1.79. The fraction of sp³-hybridized carbons (Fsp3) is 0.273. The molecule has 0 fully saturated rings. The summed E-state index contributed by atoms with van der Waals surface area (Å²) in [4.78, 5) is 18.0. The van der Waals surface area contributed by atoms with Crippen LogP contribution in [0.3, 0.4) is 0 Å². The van der Waals surface area contributed by atoms with Gasteiger partial charge in [0.25, 0.3) is 5.91 Å². The highest BCUT2D eigenvalue weighted by Crippen LogP contribution is 2.34. The number of benzene rings is 2. The number of amides is 1. The molecule has 1 N–H and O–H groups in total. The number of nitrogens with zero attached hydrogens (tertiary/aromatic N) is 1. The predicted octanol–water partition coefficient (Wildman–Crippen LogP) is 5.10. The quantitative estimate of drug-likeness (QED) is 0.585. The van der Waals surface area contributed by atoms with Crippen molar-refractivity contribution in [1.29, 1.82) is 0 Å². The first kappa shape index (κ1) is 20.7. The number of anilines is 1. The summed E-state index contributed by atoms with van der Waals surface area (Å²) < 4.78 is 16.1. The molecule has 0 atom stereocenters. The number of hydrogen-bond acceptors (Lipinski definition) is 6. The number of hydrogen-bond donors (Lipinski definition) is 1. The van der Waals surface area contributed by atoms with Crippen molar-refractivity contribution < 1.29 is 19.0 Å². The standard InChI is InChI=1S/C22H24N2O4S/c1-6-28-16-9-7-15(8-10-16)22-23-14(3)20(29-22)21(25)24-17-12-19(27-5)18(26-4)11-13(17)2/h7-12H,6H2,1-5H3,(H,24,25). The SMILES string of the molecule is CCOc1ccc(-c2nc(C)c(C(=O)Nc3cc(OC)c(OC)cc3C)s2)cc1. The van der Waals surface area contributed by atoms with E-state index in [0.29, 0.717) is 34.4 Å². The molecule has 1 amide bonds. The number of nitrogens with one attached hydrogen (secondary N) is 1. The summed E-state index contributed by atoms with van der Waals surface area (Å²) in [6.07, 6.45) is 0. The number of aromatic nitrogens is 1. The molecule has 0 saturated heterocycles. The summed E-state index contributed by atoms with van der Waals surface area (Å²) in [5.41, 5.74) is 3.19. The number of carbonyl (C=O) groups is 1. The minimum absolute atomic E-state index is 0.201. The Balaban J connectivity index is 1.84. The van der Waals surface area contributed by atoms with Crippen LogP contribution in [0.5, 0.6) is 17.2 Å². The molecule has 3 aromatic rings. The van der Waals surface area contributed by atoms with Gasteiger partial charge in [-0.3, -0.25) is 4.79 Å². The van der Waals surface area contributed by atoms with Crippen molar-refractivity contribution in [2.45, 2.75) is 20.8 Å². The van der Waals surface area contributed by atoms with Crippen molar-refractivity contribution in [1.82, 2.24) is 4.98 Å². The molecule has 1 heterocycles. The van der Waals surface area contributed by atoms with Gasteiger partial charge in [0.1, 0.15) is 15.6 Å². The van der Waals surface area contributed by atoms with Gasteiger partial charge in [0.2, 0.25) is 0 Å². The molecule has 0 saturated carbocycles. The van der Waals surface area contributed by atoms with Crippen molar-refractivity contribution in [3.05, 3.63) is 52.5 Å². The zero-order chi connectivity index (χ0) is 21.0. The minimum atomic E-state index is -0.201. The van der Waals surface area contributed by atoms with Crippen molar-refractivity contribution in [3.63, 3.8) is 0 Å². The first-order valence-corrected chi connectivity index (χ1v) is 10.0. The van der Waals surface area contributed by atoms with Crippen molar-refractivity contribution in [2.75, 3.05) is 26.1 Å². The van der Waals surface area contributed by atoms with Crippen LogP contribution in [0.25, 0.3) is 10.6 Å². The Morgan fingerprint density at radius 3 is 2.34 bits per heavy atom. The van der Waals surface area contributed by atoms with Crippen LogP contribution < -0.4 is 19.5 Å². The second-order valence-corrected chi connectivity index (χ2v) is 7.37. The lowest BCUT2D eigenvalue weighted by Crippen LogP contribution is -2.12. The van der Waals surface area contributed by atoms with Gasteiger partial charge >= 0.3 is 0 Å². The third-order valence-corrected chi connectivity index (χ3v) is 5.60. The van der Waals surface area contributed by atoms with Crippen molar-refractivity contribution in [3.8, 4) is 27.8 Å². The molecule has 0 aliphatic rings. The highest BCUT2D eigenvalue weighted by atomic mass is 32.1. The fourth-order valence-corrected chi connectivity index (χ4v) is 3.85. The third-order valence-electron chi connectivity index (χ3n) is 4.39. The molecule has 0 radical (unpaired) electrons. The van der Waals surface area contributed by atoms with Gasteiger partial charge in [-0.2, -0.15) is 0 Å². The minimum Gasteiger partial charge on any atom is -0.494 e. The van der Waals surface area contributed by atoms with E-state index in [0.717, 1.165) is 21.9 Å². The van der Waals surface area contributed by atoms with Gasteiger partial charge in [0.05, 0.1) is 26.5 Å². The molecule has 1 aromatic heterocycles. The Bertz CT molecular complexity index is 1010. The molecule has 0 aliphatic carbocycles. The Labute approximate surface area is 174 Å². The van der Waals surface area contributed by atoms with Crippen LogP contribution in [0, 0.1) is 13.8 Å². The van der Waals surface area contributed by atoms with E-state index in [1.54, 1.807) is 20.3 Å². The summed E-state index contributed by atoms with van der Waals surface area (Å²) in [5, 5.41) is 3.75. The Hall–Kier alpha value is -3.06. The molecule has 2 aromatic carbocycles. The number of aryl methyl sites for hydroxylation is 2. The van der Waals surface area contributed by atoms with E-state index in [1.165, 1.54) is 11.3 Å². The van der Waals surface area contributed by atoms with E-state index in [1.807, 2.05) is 51.1 Å². The van der Waals surface area contributed by atoms with Crippen LogP contribution in [0.1, 0.15) is 27.9 Å². The zero-order valence-corrected chi connectivity index (χ0v) is 18.0. The molecular formula is C22H24N2O4S. The van der Waals surface area contributed by atoms with Gasteiger partial charge in [-0.25, -0.2) is 4.98 Å². The number of carbonyl (C=O) groups excluding carboxylic acids is 1. The number of methoxy groups -OCH3 is 2. The van der Waals surface area contributed by atoms with Gasteiger partial charge in [-0.05, 0) is 56.7 Å². The van der Waals surface area contributed by atoms with E-state index >= 15 is 0 Å². The van der Waals surface area contributed by atoms with Crippen LogP contribution in [0.15, 0.2) is 36.4 Å². The van der Waals surface area contributed by atoms with Crippen LogP contribution in [-0.2, 0) is 0 Å². The monoisotopic (exact) mass is 412 g/mol. The molecule has 0 aliphatic heterocycles. The zero-order valence-electron chi connectivity index (χ0n) is 17.2. The summed E-state index contributed by atoms with van der Waals surface area (Å²) >= 11 is 1.36. The van der Waals surface area contributed by atoms with Gasteiger partial charge in [0.15, 0.2) is 11.5 Å². The maximum atomic E-state index is 12.9. The van der Waals surface area contributed by atoms with Crippen LogP contribution in [-0.4, -0.2) is 31.7 Å². The fourth-order valence-electron chi connectivity index (χ4n) is 2.89. The second-order valence-electron chi connectivity index (χ2n) is 6.37. The summed E-state index contributed by atoms with van der Waals surface area (Å²) in [6.45, 7) is 6.31. The van der Waals surface area contributed by atoms with E-state index < -0.39 is 0 Å². The lowest BCUT2D eigenvalue weighted by atomic mass is 10.1. The maximum absolute atomic E-state index is 12.9. The summed E-state index contributed by atoms with van der Waals surface area (Å²) in [6, 6.07) is 11.3. The lowest BCUT2D eigenvalue weighted by molar-refractivity contribution is 0.102. The topological polar surface area (TPSA) is 69.7 Å². The van der Waals surface area contributed by atoms with E-state index in [2.05, 4.69) is 10.3 Å². The average Bonchev–Trinajstić information content (AvgIpc) is 3.11. The second kappa shape index (κ2) is 8.96. The molecular weight excluding hydrogens is 388 g/mol. The first-order chi connectivity index (χ1) is 14.0. The van der Waals surface area contributed by atoms with Gasteiger partial charge in [-0.1, -0.05) is 0 Å². The van der Waals surface area contributed by atoms with Crippen molar-refractivity contribution in [2.24, 2.45) is 0 Å².